The van der Waals surface area contributed by atoms with Gasteiger partial charge in [-0.05, 0) is 40.5 Å². The number of fused-ring (bicyclic) bond motifs is 2. The molecule has 4 aromatic carbocycles. The molecular formula is C34H28N2O4S. The van der Waals surface area contributed by atoms with E-state index in [0.717, 1.165) is 27.5 Å². The Labute approximate surface area is 241 Å². The molecule has 41 heavy (non-hydrogen) atoms. The zero-order chi connectivity index (χ0) is 28.3. The predicted molar refractivity (Wildman–Crippen MR) is 162 cm³/mol. The summed E-state index contributed by atoms with van der Waals surface area (Å²) in [5.74, 6) is 0.196. The quantitative estimate of drug-likeness (QED) is 0.246. The van der Waals surface area contributed by atoms with E-state index in [4.69, 9.17) is 14.5 Å². The van der Waals surface area contributed by atoms with E-state index < -0.39 is 12.0 Å². The van der Waals surface area contributed by atoms with Gasteiger partial charge in [0, 0.05) is 5.56 Å². The molecule has 0 aliphatic carbocycles. The molecule has 0 saturated carbocycles. The summed E-state index contributed by atoms with van der Waals surface area (Å²) in [5.41, 5.74) is 3.48. The summed E-state index contributed by atoms with van der Waals surface area (Å²) in [6.45, 7) is 2.35. The molecule has 0 N–H and O–H groups in total. The first-order valence-corrected chi connectivity index (χ1v) is 14.3. The average molecular weight is 561 g/mol. The first kappa shape index (κ1) is 26.5. The lowest BCUT2D eigenvalue weighted by atomic mass is 9.95. The maximum absolute atomic E-state index is 14.1. The van der Waals surface area contributed by atoms with Crippen molar-refractivity contribution in [2.24, 2.45) is 4.99 Å². The third kappa shape index (κ3) is 5.00. The number of carbonyl (C=O) groups is 1. The van der Waals surface area contributed by atoms with Gasteiger partial charge in [-0.3, -0.25) is 9.36 Å². The van der Waals surface area contributed by atoms with Crippen molar-refractivity contribution >= 4 is 34.2 Å². The van der Waals surface area contributed by atoms with Gasteiger partial charge in [-0.15, -0.1) is 0 Å². The lowest BCUT2D eigenvalue weighted by molar-refractivity contribution is -0.136. The molecule has 0 radical (unpaired) electrons. The molecule has 1 aromatic heterocycles. The molecule has 1 atom stereocenters. The highest BCUT2D eigenvalue weighted by molar-refractivity contribution is 7.07. The van der Waals surface area contributed by atoms with Crippen LogP contribution in [0.4, 0.5) is 0 Å². The Kier molecular flexibility index (Phi) is 7.35. The Morgan fingerprint density at radius 1 is 0.951 bits per heavy atom. The van der Waals surface area contributed by atoms with E-state index in [-0.39, 0.29) is 5.56 Å². The van der Waals surface area contributed by atoms with Gasteiger partial charge < -0.3 is 9.47 Å². The molecule has 1 aliphatic rings. The van der Waals surface area contributed by atoms with Crippen molar-refractivity contribution in [1.29, 1.82) is 0 Å². The molecule has 2 heterocycles. The Hall–Kier alpha value is -4.75. The highest BCUT2D eigenvalue weighted by Crippen LogP contribution is 2.32. The van der Waals surface area contributed by atoms with Crippen LogP contribution in [0.1, 0.15) is 36.1 Å². The van der Waals surface area contributed by atoms with Gasteiger partial charge in [0.15, 0.2) is 4.80 Å². The topological polar surface area (TPSA) is 69.9 Å². The Morgan fingerprint density at radius 3 is 2.39 bits per heavy atom. The number of hydrogen-bond donors (Lipinski definition) is 0. The van der Waals surface area contributed by atoms with Crippen LogP contribution in [0.2, 0.25) is 0 Å². The SMILES string of the molecule is CCC1=C(C(=O)OC)[C@@H](c2ccccc2)n2c(s/c(=C/c3c(OCc4ccccc4)ccc4ccccc34)c2=O)=N1. The highest BCUT2D eigenvalue weighted by Gasteiger charge is 2.33. The molecule has 0 saturated heterocycles. The third-order valence-electron chi connectivity index (χ3n) is 7.21. The standard InChI is InChI=1S/C34H28N2O4S/c1-3-27-30(33(38)39-2)31(24-15-8-5-9-16-24)36-32(37)29(41-34(36)35-27)20-26-25-17-11-10-14-23(25)18-19-28(26)40-21-22-12-6-4-7-13-22/h4-20,31H,3,21H2,1-2H3/b29-20+/t31-/m1/s1. The summed E-state index contributed by atoms with van der Waals surface area (Å²) in [6, 6.07) is 30.9. The van der Waals surface area contributed by atoms with Crippen LogP contribution in [0.15, 0.2) is 118 Å². The first-order valence-electron chi connectivity index (χ1n) is 13.5. The Balaban J connectivity index is 1.55. The van der Waals surface area contributed by atoms with E-state index in [1.54, 1.807) is 4.57 Å². The van der Waals surface area contributed by atoms with Gasteiger partial charge in [-0.2, -0.15) is 0 Å². The van der Waals surface area contributed by atoms with E-state index in [1.165, 1.54) is 18.4 Å². The smallest absolute Gasteiger partial charge is 0.338 e. The minimum absolute atomic E-state index is 0.221. The van der Waals surface area contributed by atoms with E-state index in [0.29, 0.717) is 39.4 Å². The second kappa shape index (κ2) is 11.4. The summed E-state index contributed by atoms with van der Waals surface area (Å²) >= 11 is 1.31. The highest BCUT2D eigenvalue weighted by atomic mass is 32.1. The number of carbonyl (C=O) groups excluding carboxylic acids is 1. The number of allylic oxidation sites excluding steroid dienone is 1. The summed E-state index contributed by atoms with van der Waals surface area (Å²) < 4.78 is 13.6. The van der Waals surface area contributed by atoms with E-state index in [2.05, 4.69) is 0 Å². The lowest BCUT2D eigenvalue weighted by Gasteiger charge is -2.25. The number of ether oxygens (including phenoxy) is 2. The number of rotatable bonds is 7. The van der Waals surface area contributed by atoms with Crippen LogP contribution < -0.4 is 19.6 Å². The molecule has 204 valence electrons. The van der Waals surface area contributed by atoms with Crippen molar-refractivity contribution < 1.29 is 14.3 Å². The Bertz CT molecular complexity index is 1960. The number of thiazole rings is 1. The van der Waals surface area contributed by atoms with Gasteiger partial charge in [-0.25, -0.2) is 9.79 Å². The van der Waals surface area contributed by atoms with Gasteiger partial charge in [0.05, 0.1) is 29.0 Å². The van der Waals surface area contributed by atoms with Gasteiger partial charge in [0.1, 0.15) is 12.4 Å². The molecule has 0 amide bonds. The van der Waals surface area contributed by atoms with Crippen molar-refractivity contribution in [3.8, 4) is 5.75 Å². The van der Waals surface area contributed by atoms with E-state index >= 15 is 0 Å². The average Bonchev–Trinajstić information content (AvgIpc) is 3.34. The summed E-state index contributed by atoms with van der Waals surface area (Å²) in [7, 11) is 1.35. The Morgan fingerprint density at radius 2 is 1.66 bits per heavy atom. The van der Waals surface area contributed by atoms with Crippen LogP contribution in [0.3, 0.4) is 0 Å². The molecule has 0 bridgehead atoms. The van der Waals surface area contributed by atoms with Crippen LogP contribution in [0.25, 0.3) is 16.8 Å². The summed E-state index contributed by atoms with van der Waals surface area (Å²) in [6.07, 6.45) is 2.42. The van der Waals surface area contributed by atoms with Crippen molar-refractivity contribution in [3.05, 3.63) is 145 Å². The number of hydrogen-bond acceptors (Lipinski definition) is 6. The molecule has 7 heteroatoms. The van der Waals surface area contributed by atoms with Gasteiger partial charge in [0.2, 0.25) is 0 Å². The summed E-state index contributed by atoms with van der Waals surface area (Å²) in [4.78, 5) is 32.5. The van der Waals surface area contributed by atoms with Crippen molar-refractivity contribution in [2.75, 3.05) is 7.11 Å². The third-order valence-corrected chi connectivity index (χ3v) is 8.19. The number of nitrogens with zero attached hydrogens (tertiary/aromatic N) is 2. The largest absolute Gasteiger partial charge is 0.488 e. The van der Waals surface area contributed by atoms with Crippen molar-refractivity contribution in [1.82, 2.24) is 4.57 Å². The zero-order valence-electron chi connectivity index (χ0n) is 22.7. The van der Waals surface area contributed by atoms with Crippen LogP contribution in [0, 0.1) is 0 Å². The number of aromatic nitrogens is 1. The lowest BCUT2D eigenvalue weighted by Crippen LogP contribution is -2.40. The molecule has 6 nitrogen and oxygen atoms in total. The predicted octanol–water partition coefficient (Wildman–Crippen LogP) is 5.53. The first-order chi connectivity index (χ1) is 20.1. The monoisotopic (exact) mass is 560 g/mol. The molecule has 0 spiro atoms. The molecular weight excluding hydrogens is 532 g/mol. The van der Waals surface area contributed by atoms with Gasteiger partial charge in [-0.1, -0.05) is 109 Å². The van der Waals surface area contributed by atoms with Gasteiger partial charge >= 0.3 is 5.97 Å². The second-order valence-electron chi connectivity index (χ2n) is 9.67. The maximum Gasteiger partial charge on any atom is 0.338 e. The maximum atomic E-state index is 14.1. The summed E-state index contributed by atoms with van der Waals surface area (Å²) in [5, 5.41) is 2.02. The zero-order valence-corrected chi connectivity index (χ0v) is 23.6. The van der Waals surface area contributed by atoms with E-state index in [9.17, 15) is 9.59 Å². The number of benzene rings is 4. The normalized spacial score (nSPS) is 15.0. The van der Waals surface area contributed by atoms with Gasteiger partial charge in [0.25, 0.3) is 5.56 Å². The van der Waals surface area contributed by atoms with Crippen molar-refractivity contribution in [2.45, 2.75) is 26.0 Å². The minimum atomic E-state index is -0.640. The van der Waals surface area contributed by atoms with Crippen LogP contribution in [0.5, 0.6) is 5.75 Å². The number of methoxy groups -OCH3 is 1. The minimum Gasteiger partial charge on any atom is -0.488 e. The van der Waals surface area contributed by atoms with Crippen LogP contribution in [-0.4, -0.2) is 17.6 Å². The fraction of sp³-hybridized carbons (Fsp3) is 0.147. The van der Waals surface area contributed by atoms with Crippen molar-refractivity contribution in [3.63, 3.8) is 0 Å². The second-order valence-corrected chi connectivity index (χ2v) is 10.7. The number of esters is 1. The molecule has 0 unspecified atom stereocenters. The van der Waals surface area contributed by atoms with Crippen LogP contribution in [-0.2, 0) is 16.1 Å². The molecule has 6 rings (SSSR count). The fourth-order valence-corrected chi connectivity index (χ4v) is 6.23. The van der Waals surface area contributed by atoms with Crippen LogP contribution >= 0.6 is 11.3 Å². The molecule has 1 aliphatic heterocycles. The fourth-order valence-electron chi connectivity index (χ4n) is 5.23. The molecule has 5 aromatic rings. The molecule has 0 fully saturated rings. The van der Waals surface area contributed by atoms with E-state index in [1.807, 2.05) is 110 Å².